The molecule has 0 radical (unpaired) electrons. The van der Waals surface area contributed by atoms with E-state index in [1.54, 1.807) is 39.5 Å². The van der Waals surface area contributed by atoms with Crippen molar-refractivity contribution in [2.45, 2.75) is 5.92 Å². The molecule has 94 valence electrons. The molecule has 0 bridgehead atoms. The quantitative estimate of drug-likeness (QED) is 0.783. The summed E-state index contributed by atoms with van der Waals surface area (Å²) in [5.41, 5.74) is 6.39. The molecule has 0 heterocycles. The number of nitrogens with two attached hydrogens (primary N) is 1. The van der Waals surface area contributed by atoms with Crippen molar-refractivity contribution in [1.82, 2.24) is 5.32 Å². The summed E-state index contributed by atoms with van der Waals surface area (Å²) in [6, 6.07) is 5.31. The topological polar surface area (TPSA) is 73.6 Å². The lowest BCUT2D eigenvalue weighted by Crippen LogP contribution is -2.31. The second-order valence-electron chi connectivity index (χ2n) is 3.51. The van der Waals surface area contributed by atoms with E-state index in [4.69, 9.17) is 15.2 Å². The summed E-state index contributed by atoms with van der Waals surface area (Å²) in [6.07, 6.45) is 0. The van der Waals surface area contributed by atoms with E-state index < -0.39 is 5.92 Å². The van der Waals surface area contributed by atoms with Crippen molar-refractivity contribution in [3.8, 4) is 11.5 Å². The number of nitrogens with one attached hydrogen (secondary N) is 1. The van der Waals surface area contributed by atoms with Gasteiger partial charge < -0.3 is 20.5 Å². The summed E-state index contributed by atoms with van der Waals surface area (Å²) in [7, 11) is 4.71. The maximum absolute atomic E-state index is 11.7. The van der Waals surface area contributed by atoms with Crippen LogP contribution in [0.15, 0.2) is 18.2 Å². The van der Waals surface area contributed by atoms with Crippen molar-refractivity contribution in [1.29, 1.82) is 0 Å². The van der Waals surface area contributed by atoms with Crippen molar-refractivity contribution >= 4 is 5.91 Å². The smallest absolute Gasteiger partial charge is 0.228 e. The first kappa shape index (κ1) is 13.3. The number of amides is 1. The van der Waals surface area contributed by atoms with Crippen LogP contribution in [0, 0.1) is 0 Å². The normalized spacial score (nSPS) is 11.8. The van der Waals surface area contributed by atoms with Crippen LogP contribution in [0.5, 0.6) is 11.5 Å². The number of hydrogen-bond donors (Lipinski definition) is 2. The third-order valence-electron chi connectivity index (χ3n) is 2.61. The van der Waals surface area contributed by atoms with E-state index in [-0.39, 0.29) is 12.5 Å². The van der Waals surface area contributed by atoms with Crippen LogP contribution < -0.4 is 20.5 Å². The van der Waals surface area contributed by atoms with Gasteiger partial charge in [0, 0.05) is 25.2 Å². The number of benzene rings is 1. The highest BCUT2D eigenvalue weighted by molar-refractivity contribution is 5.84. The van der Waals surface area contributed by atoms with Gasteiger partial charge in [-0.15, -0.1) is 0 Å². The third kappa shape index (κ3) is 2.88. The van der Waals surface area contributed by atoms with Crippen LogP contribution in [-0.2, 0) is 4.79 Å². The molecule has 0 saturated carbocycles. The standard InChI is InChI=1S/C12H18N2O3/c1-14-12(15)10(7-13)9-5-4-8(16-2)6-11(9)17-3/h4-6,10H,7,13H2,1-3H3,(H,14,15). The molecule has 5 nitrogen and oxygen atoms in total. The van der Waals surface area contributed by atoms with Crippen LogP contribution in [0.4, 0.5) is 0 Å². The van der Waals surface area contributed by atoms with Gasteiger partial charge in [0.1, 0.15) is 11.5 Å². The average Bonchev–Trinajstić information content (AvgIpc) is 2.39. The Morgan fingerprint density at radius 3 is 2.59 bits per heavy atom. The molecule has 1 unspecified atom stereocenters. The molecule has 1 amide bonds. The molecule has 0 spiro atoms. The fraction of sp³-hybridized carbons (Fsp3) is 0.417. The lowest BCUT2D eigenvalue weighted by Gasteiger charge is -2.17. The maximum atomic E-state index is 11.7. The molecular weight excluding hydrogens is 220 g/mol. The first-order chi connectivity index (χ1) is 8.17. The number of likely N-dealkylation sites (N-methyl/N-ethyl adjacent to an activating group) is 1. The van der Waals surface area contributed by atoms with Crippen molar-refractivity contribution in [2.75, 3.05) is 27.8 Å². The van der Waals surface area contributed by atoms with Gasteiger partial charge in [0.2, 0.25) is 5.91 Å². The largest absolute Gasteiger partial charge is 0.497 e. The first-order valence-electron chi connectivity index (χ1n) is 5.31. The summed E-state index contributed by atoms with van der Waals surface area (Å²) in [6.45, 7) is 0.225. The van der Waals surface area contributed by atoms with Crippen LogP contribution in [0.25, 0.3) is 0 Å². The van der Waals surface area contributed by atoms with Crippen LogP contribution in [0.1, 0.15) is 11.5 Å². The average molecular weight is 238 g/mol. The highest BCUT2D eigenvalue weighted by Crippen LogP contribution is 2.30. The van der Waals surface area contributed by atoms with Crippen LogP contribution >= 0.6 is 0 Å². The van der Waals surface area contributed by atoms with E-state index >= 15 is 0 Å². The van der Waals surface area contributed by atoms with Gasteiger partial charge in [0.05, 0.1) is 20.1 Å². The molecule has 0 fully saturated rings. The van der Waals surface area contributed by atoms with Crippen molar-refractivity contribution in [3.05, 3.63) is 23.8 Å². The number of hydrogen-bond acceptors (Lipinski definition) is 4. The Balaban J connectivity index is 3.14. The van der Waals surface area contributed by atoms with E-state index in [2.05, 4.69) is 5.32 Å². The Labute approximate surface area is 101 Å². The minimum absolute atomic E-state index is 0.129. The Morgan fingerprint density at radius 1 is 1.41 bits per heavy atom. The molecule has 1 aromatic rings. The fourth-order valence-electron chi connectivity index (χ4n) is 1.66. The van der Waals surface area contributed by atoms with Gasteiger partial charge in [0.25, 0.3) is 0 Å². The highest BCUT2D eigenvalue weighted by Gasteiger charge is 2.21. The molecule has 5 heteroatoms. The molecule has 0 aliphatic rings. The molecule has 0 aromatic heterocycles. The van der Waals surface area contributed by atoms with E-state index in [0.29, 0.717) is 11.5 Å². The van der Waals surface area contributed by atoms with Crippen LogP contribution in [-0.4, -0.2) is 33.7 Å². The molecule has 0 aliphatic carbocycles. The highest BCUT2D eigenvalue weighted by atomic mass is 16.5. The van der Waals surface area contributed by atoms with Crippen molar-refractivity contribution in [3.63, 3.8) is 0 Å². The number of rotatable bonds is 5. The van der Waals surface area contributed by atoms with E-state index in [1.165, 1.54) is 0 Å². The molecule has 0 aliphatic heterocycles. The monoisotopic (exact) mass is 238 g/mol. The van der Waals surface area contributed by atoms with Gasteiger partial charge >= 0.3 is 0 Å². The molecule has 1 aromatic carbocycles. The number of carbonyl (C=O) groups excluding carboxylic acids is 1. The summed E-state index contributed by atoms with van der Waals surface area (Å²) in [4.78, 5) is 11.7. The lowest BCUT2D eigenvalue weighted by atomic mass is 9.97. The van der Waals surface area contributed by atoms with Gasteiger partial charge in [-0.2, -0.15) is 0 Å². The van der Waals surface area contributed by atoms with Crippen molar-refractivity contribution < 1.29 is 14.3 Å². The Bertz CT molecular complexity index is 393. The Morgan fingerprint density at radius 2 is 2.12 bits per heavy atom. The summed E-state index contributed by atoms with van der Waals surface area (Å²) in [5, 5.41) is 2.59. The van der Waals surface area contributed by atoms with Gasteiger partial charge in [0.15, 0.2) is 0 Å². The molecule has 1 rings (SSSR count). The Hall–Kier alpha value is -1.75. The molecule has 1 atom stereocenters. The molecule has 17 heavy (non-hydrogen) atoms. The predicted octanol–water partition coefficient (Wildman–Crippen LogP) is 0.492. The van der Waals surface area contributed by atoms with Gasteiger partial charge in [-0.05, 0) is 6.07 Å². The summed E-state index contributed by atoms with van der Waals surface area (Å²) in [5.74, 6) is 0.735. The van der Waals surface area contributed by atoms with Crippen LogP contribution in [0.2, 0.25) is 0 Å². The minimum Gasteiger partial charge on any atom is -0.497 e. The van der Waals surface area contributed by atoms with Crippen molar-refractivity contribution in [2.24, 2.45) is 5.73 Å². The third-order valence-corrected chi connectivity index (χ3v) is 2.61. The van der Waals surface area contributed by atoms with Gasteiger partial charge in [-0.1, -0.05) is 6.07 Å². The van der Waals surface area contributed by atoms with Crippen LogP contribution in [0.3, 0.4) is 0 Å². The number of ether oxygens (including phenoxy) is 2. The fourth-order valence-corrected chi connectivity index (χ4v) is 1.66. The molecular formula is C12H18N2O3. The SMILES string of the molecule is CNC(=O)C(CN)c1ccc(OC)cc1OC. The zero-order chi connectivity index (χ0) is 12.8. The summed E-state index contributed by atoms with van der Waals surface area (Å²) < 4.78 is 10.3. The van der Waals surface area contributed by atoms with E-state index in [9.17, 15) is 4.79 Å². The first-order valence-corrected chi connectivity index (χ1v) is 5.31. The maximum Gasteiger partial charge on any atom is 0.228 e. The molecule has 0 saturated heterocycles. The summed E-state index contributed by atoms with van der Waals surface area (Å²) >= 11 is 0. The van der Waals surface area contributed by atoms with Gasteiger partial charge in [-0.25, -0.2) is 0 Å². The predicted molar refractivity (Wildman–Crippen MR) is 65.4 cm³/mol. The second kappa shape index (κ2) is 6.10. The van der Waals surface area contributed by atoms with Gasteiger partial charge in [-0.3, -0.25) is 4.79 Å². The number of methoxy groups -OCH3 is 2. The minimum atomic E-state index is -0.416. The lowest BCUT2D eigenvalue weighted by molar-refractivity contribution is -0.121. The Kier molecular flexibility index (Phi) is 4.78. The zero-order valence-electron chi connectivity index (χ0n) is 10.3. The van der Waals surface area contributed by atoms with E-state index in [0.717, 1.165) is 5.56 Å². The zero-order valence-corrected chi connectivity index (χ0v) is 10.3. The van der Waals surface area contributed by atoms with E-state index in [1.807, 2.05) is 0 Å². The second-order valence-corrected chi connectivity index (χ2v) is 3.51. The number of carbonyl (C=O) groups is 1. The molecule has 3 N–H and O–H groups in total.